The average Bonchev–Trinajstić information content (AvgIpc) is 2.45. The van der Waals surface area contributed by atoms with Gasteiger partial charge >= 0.3 is 0 Å². The van der Waals surface area contributed by atoms with E-state index in [0.29, 0.717) is 29.5 Å². The minimum atomic E-state index is -0.398. The van der Waals surface area contributed by atoms with E-state index in [9.17, 15) is 10.1 Å². The minimum absolute atomic E-state index is 0.0817. The Kier molecular flexibility index (Phi) is 4.47. The third kappa shape index (κ3) is 3.03. The summed E-state index contributed by atoms with van der Waals surface area (Å²) in [5.74, 6) is 0.602. The van der Waals surface area contributed by atoms with Crippen LogP contribution < -0.4 is 5.32 Å². The monoisotopic (exact) mass is 292 g/mol. The molecule has 0 spiro atoms. The number of anilines is 1. The zero-order valence-corrected chi connectivity index (χ0v) is 11.6. The van der Waals surface area contributed by atoms with Gasteiger partial charge in [-0.05, 0) is 6.42 Å². The van der Waals surface area contributed by atoms with Gasteiger partial charge in [0.15, 0.2) is 0 Å². The highest BCUT2D eigenvalue weighted by molar-refractivity contribution is 6.30. The summed E-state index contributed by atoms with van der Waals surface area (Å²) in [4.78, 5) is 18.6. The number of halogens is 1. The largest absolute Gasteiger partial charge is 0.365 e. The van der Waals surface area contributed by atoms with Crippen molar-refractivity contribution >= 4 is 23.1 Å². The maximum Gasteiger partial charge on any atom is 0.274 e. The standard InChI is InChI=1S/C13H13ClN4O2/c1-2-10-12(14)16-8-17-13(10)15-7-9-5-3-4-6-11(9)18(19)20/h3-6,8H,2,7H2,1H3,(H,15,16,17). The predicted octanol–water partition coefficient (Wildman–Crippen LogP) is 3.21. The number of hydrogen-bond donors (Lipinski definition) is 1. The number of nitrogens with zero attached hydrogens (tertiary/aromatic N) is 3. The molecule has 1 aromatic heterocycles. The Hall–Kier alpha value is -2.21. The van der Waals surface area contributed by atoms with Crippen LogP contribution >= 0.6 is 11.6 Å². The maximum absolute atomic E-state index is 10.9. The molecule has 1 N–H and O–H groups in total. The Morgan fingerprint density at radius 2 is 2.10 bits per heavy atom. The predicted molar refractivity (Wildman–Crippen MR) is 76.8 cm³/mol. The minimum Gasteiger partial charge on any atom is -0.365 e. The van der Waals surface area contributed by atoms with Crippen LogP contribution in [0.4, 0.5) is 11.5 Å². The van der Waals surface area contributed by atoms with Gasteiger partial charge in [0, 0.05) is 23.7 Å². The smallest absolute Gasteiger partial charge is 0.274 e. The Morgan fingerprint density at radius 1 is 1.35 bits per heavy atom. The van der Waals surface area contributed by atoms with Crippen LogP contribution in [0.15, 0.2) is 30.6 Å². The molecule has 1 aromatic carbocycles. The van der Waals surface area contributed by atoms with E-state index in [0.717, 1.165) is 5.56 Å². The summed E-state index contributed by atoms with van der Waals surface area (Å²) in [7, 11) is 0. The first-order valence-electron chi connectivity index (χ1n) is 6.09. The molecule has 0 amide bonds. The molecule has 6 nitrogen and oxygen atoms in total. The van der Waals surface area contributed by atoms with E-state index in [-0.39, 0.29) is 5.69 Å². The molecule has 20 heavy (non-hydrogen) atoms. The Morgan fingerprint density at radius 3 is 2.80 bits per heavy atom. The zero-order valence-electron chi connectivity index (χ0n) is 10.8. The number of nitro groups is 1. The van der Waals surface area contributed by atoms with Crippen molar-refractivity contribution in [2.45, 2.75) is 19.9 Å². The number of hydrogen-bond acceptors (Lipinski definition) is 5. The van der Waals surface area contributed by atoms with E-state index >= 15 is 0 Å². The van der Waals surface area contributed by atoms with Crippen molar-refractivity contribution in [3.63, 3.8) is 0 Å². The first kappa shape index (κ1) is 14.2. The van der Waals surface area contributed by atoms with Crippen molar-refractivity contribution in [2.75, 3.05) is 5.32 Å². The molecule has 1 heterocycles. The highest BCUT2D eigenvalue weighted by Crippen LogP contribution is 2.23. The van der Waals surface area contributed by atoms with Gasteiger partial charge in [-0.3, -0.25) is 10.1 Å². The van der Waals surface area contributed by atoms with Crippen LogP contribution in [0.5, 0.6) is 0 Å². The SMILES string of the molecule is CCc1c(Cl)ncnc1NCc1ccccc1[N+](=O)[O-]. The van der Waals surface area contributed by atoms with Crippen LogP contribution in [-0.2, 0) is 13.0 Å². The Labute approximate surface area is 121 Å². The molecule has 0 aliphatic heterocycles. The molecule has 7 heteroatoms. The summed E-state index contributed by atoms with van der Waals surface area (Å²) >= 11 is 5.99. The summed E-state index contributed by atoms with van der Waals surface area (Å²) in [5.41, 5.74) is 1.47. The molecule has 0 aliphatic rings. The van der Waals surface area contributed by atoms with E-state index in [1.54, 1.807) is 18.2 Å². The summed E-state index contributed by atoms with van der Waals surface area (Å²) in [6, 6.07) is 6.59. The molecule has 0 saturated heterocycles. The van der Waals surface area contributed by atoms with E-state index in [1.807, 2.05) is 6.92 Å². The first-order valence-corrected chi connectivity index (χ1v) is 6.46. The third-order valence-electron chi connectivity index (χ3n) is 2.88. The number of para-hydroxylation sites is 1. The maximum atomic E-state index is 10.9. The second kappa shape index (κ2) is 6.29. The fraction of sp³-hybridized carbons (Fsp3) is 0.231. The zero-order chi connectivity index (χ0) is 14.5. The average molecular weight is 293 g/mol. The van der Waals surface area contributed by atoms with Crippen LogP contribution in [0.25, 0.3) is 0 Å². The number of aromatic nitrogens is 2. The van der Waals surface area contributed by atoms with Gasteiger partial charge in [-0.2, -0.15) is 0 Å². The van der Waals surface area contributed by atoms with Gasteiger partial charge < -0.3 is 5.32 Å². The van der Waals surface area contributed by atoms with Crippen LogP contribution in [-0.4, -0.2) is 14.9 Å². The lowest BCUT2D eigenvalue weighted by Crippen LogP contribution is -2.07. The molecular weight excluding hydrogens is 280 g/mol. The second-order valence-electron chi connectivity index (χ2n) is 4.08. The molecular formula is C13H13ClN4O2. The summed E-state index contributed by atoms with van der Waals surface area (Å²) < 4.78 is 0. The fourth-order valence-electron chi connectivity index (χ4n) is 1.87. The van der Waals surface area contributed by atoms with Gasteiger partial charge in [0.2, 0.25) is 0 Å². The van der Waals surface area contributed by atoms with Crippen molar-refractivity contribution in [2.24, 2.45) is 0 Å². The second-order valence-corrected chi connectivity index (χ2v) is 4.44. The van der Waals surface area contributed by atoms with Crippen molar-refractivity contribution in [1.82, 2.24) is 9.97 Å². The molecule has 0 saturated carbocycles. The van der Waals surface area contributed by atoms with E-state index < -0.39 is 4.92 Å². The van der Waals surface area contributed by atoms with Crippen molar-refractivity contribution in [1.29, 1.82) is 0 Å². The normalized spacial score (nSPS) is 10.3. The van der Waals surface area contributed by atoms with E-state index in [1.165, 1.54) is 12.4 Å². The number of benzene rings is 1. The van der Waals surface area contributed by atoms with Crippen molar-refractivity contribution in [3.8, 4) is 0 Å². The number of nitrogens with one attached hydrogen (secondary N) is 1. The first-order chi connectivity index (χ1) is 9.63. The van der Waals surface area contributed by atoms with Crippen LogP contribution in [0.1, 0.15) is 18.1 Å². The topological polar surface area (TPSA) is 81.0 Å². The van der Waals surface area contributed by atoms with Gasteiger partial charge in [-0.25, -0.2) is 9.97 Å². The van der Waals surface area contributed by atoms with Crippen LogP contribution in [0, 0.1) is 10.1 Å². The lowest BCUT2D eigenvalue weighted by atomic mass is 10.1. The molecule has 0 radical (unpaired) electrons. The van der Waals surface area contributed by atoms with Gasteiger partial charge in [-0.1, -0.05) is 36.7 Å². The summed E-state index contributed by atoms with van der Waals surface area (Å²) in [6.07, 6.45) is 2.04. The highest BCUT2D eigenvalue weighted by atomic mass is 35.5. The Balaban J connectivity index is 2.22. The lowest BCUT2D eigenvalue weighted by Gasteiger charge is -2.10. The van der Waals surface area contributed by atoms with E-state index in [4.69, 9.17) is 11.6 Å². The fourth-order valence-corrected chi connectivity index (χ4v) is 2.14. The Bertz CT molecular complexity index is 634. The van der Waals surface area contributed by atoms with Gasteiger partial charge in [0.25, 0.3) is 5.69 Å². The number of nitro benzene ring substituents is 1. The number of rotatable bonds is 5. The molecule has 0 fully saturated rings. The molecule has 0 aliphatic carbocycles. The highest BCUT2D eigenvalue weighted by Gasteiger charge is 2.13. The van der Waals surface area contributed by atoms with Crippen LogP contribution in [0.3, 0.4) is 0 Å². The van der Waals surface area contributed by atoms with Gasteiger partial charge in [-0.15, -0.1) is 0 Å². The van der Waals surface area contributed by atoms with Gasteiger partial charge in [0.1, 0.15) is 17.3 Å². The van der Waals surface area contributed by atoms with E-state index in [2.05, 4.69) is 15.3 Å². The molecule has 2 aromatic rings. The molecule has 0 atom stereocenters. The third-order valence-corrected chi connectivity index (χ3v) is 3.21. The van der Waals surface area contributed by atoms with Gasteiger partial charge in [0.05, 0.1) is 4.92 Å². The molecule has 0 bridgehead atoms. The van der Waals surface area contributed by atoms with Crippen LogP contribution in [0.2, 0.25) is 5.15 Å². The quantitative estimate of drug-likeness (QED) is 0.520. The molecule has 2 rings (SSSR count). The molecule has 0 unspecified atom stereocenters. The summed E-state index contributed by atoms with van der Waals surface area (Å²) in [5, 5.41) is 14.4. The van der Waals surface area contributed by atoms with Crippen molar-refractivity contribution < 1.29 is 4.92 Å². The van der Waals surface area contributed by atoms with Crippen molar-refractivity contribution in [3.05, 3.63) is 57.0 Å². The molecule has 104 valence electrons. The summed E-state index contributed by atoms with van der Waals surface area (Å²) in [6.45, 7) is 2.25. The lowest BCUT2D eigenvalue weighted by molar-refractivity contribution is -0.385.